The van der Waals surface area contributed by atoms with Gasteiger partial charge in [0, 0.05) is 5.69 Å². The largest absolute Gasteiger partial charge is 0.399 e. The summed E-state index contributed by atoms with van der Waals surface area (Å²) in [5, 5.41) is 8.44. The molecule has 1 heterocycles. The molecule has 0 bridgehead atoms. The minimum absolute atomic E-state index is 0.142. The Labute approximate surface area is 109 Å². The van der Waals surface area contributed by atoms with Gasteiger partial charge < -0.3 is 5.73 Å². The fourth-order valence-corrected chi connectivity index (χ4v) is 3.40. The molecule has 8 heteroatoms. The van der Waals surface area contributed by atoms with Gasteiger partial charge in [0.05, 0.1) is 5.75 Å². The van der Waals surface area contributed by atoms with Gasteiger partial charge in [0.25, 0.3) is 0 Å². The lowest BCUT2D eigenvalue weighted by molar-refractivity contribution is 0.600. The van der Waals surface area contributed by atoms with Crippen molar-refractivity contribution in [2.24, 2.45) is 0 Å². The van der Waals surface area contributed by atoms with Crippen LogP contribution in [0.5, 0.6) is 0 Å². The third kappa shape index (κ3) is 3.41. The molecule has 1 aromatic heterocycles. The molecule has 0 radical (unpaired) electrons. The van der Waals surface area contributed by atoms with Crippen LogP contribution in [0.15, 0.2) is 24.3 Å². The van der Waals surface area contributed by atoms with Gasteiger partial charge in [-0.2, -0.15) is 0 Å². The van der Waals surface area contributed by atoms with Gasteiger partial charge in [-0.05, 0) is 24.6 Å². The van der Waals surface area contributed by atoms with E-state index in [0.29, 0.717) is 16.3 Å². The summed E-state index contributed by atoms with van der Waals surface area (Å²) in [5.41, 5.74) is 6.76. The maximum atomic E-state index is 11.9. The van der Waals surface area contributed by atoms with Crippen LogP contribution in [0.3, 0.4) is 0 Å². The molecule has 0 fully saturated rings. The Balaban J connectivity index is 2.12. The van der Waals surface area contributed by atoms with E-state index in [0.717, 1.165) is 0 Å². The number of nitrogens with one attached hydrogen (secondary N) is 1. The number of rotatable bonds is 4. The number of benzene rings is 1. The molecular formula is C10H12N4O2S2. The first-order chi connectivity index (χ1) is 8.44. The fourth-order valence-electron chi connectivity index (χ4n) is 1.41. The van der Waals surface area contributed by atoms with E-state index in [1.165, 1.54) is 11.3 Å². The molecule has 0 aliphatic rings. The highest BCUT2D eigenvalue weighted by Gasteiger charge is 2.14. The number of nitrogen functional groups attached to an aromatic ring is 1. The van der Waals surface area contributed by atoms with Crippen molar-refractivity contribution in [1.82, 2.24) is 10.2 Å². The number of aryl methyl sites for hydroxylation is 1. The summed E-state index contributed by atoms with van der Waals surface area (Å²) in [4.78, 5) is 0. The molecular weight excluding hydrogens is 272 g/mol. The summed E-state index contributed by atoms with van der Waals surface area (Å²) in [6.07, 6.45) is 0. The second-order valence-electron chi connectivity index (χ2n) is 3.73. The molecule has 0 atom stereocenters. The summed E-state index contributed by atoms with van der Waals surface area (Å²) < 4.78 is 26.1. The predicted octanol–water partition coefficient (Wildman–Crippen LogP) is 1.37. The van der Waals surface area contributed by atoms with Gasteiger partial charge in [0.1, 0.15) is 5.01 Å². The smallest absolute Gasteiger partial charge is 0.238 e. The molecule has 0 spiro atoms. The molecule has 1 aromatic carbocycles. The molecule has 6 nitrogen and oxygen atoms in total. The Kier molecular flexibility index (Phi) is 3.48. The molecule has 2 rings (SSSR count). The SMILES string of the molecule is Cc1nnc(NS(=O)(=O)Cc2cccc(N)c2)s1. The first-order valence-electron chi connectivity index (χ1n) is 5.10. The van der Waals surface area contributed by atoms with Crippen molar-refractivity contribution in [2.75, 3.05) is 10.5 Å². The number of nitrogens with two attached hydrogens (primary N) is 1. The Morgan fingerprint density at radius 3 is 2.78 bits per heavy atom. The van der Waals surface area contributed by atoms with E-state index < -0.39 is 10.0 Å². The second kappa shape index (κ2) is 4.91. The van der Waals surface area contributed by atoms with E-state index in [4.69, 9.17) is 5.73 Å². The number of nitrogens with zero attached hydrogens (tertiary/aromatic N) is 2. The van der Waals surface area contributed by atoms with Crippen LogP contribution in [0.25, 0.3) is 0 Å². The zero-order valence-electron chi connectivity index (χ0n) is 9.62. The zero-order chi connectivity index (χ0) is 13.2. The van der Waals surface area contributed by atoms with Crippen molar-refractivity contribution >= 4 is 32.2 Å². The fraction of sp³-hybridized carbons (Fsp3) is 0.200. The molecule has 0 saturated carbocycles. The monoisotopic (exact) mass is 284 g/mol. The summed E-state index contributed by atoms with van der Waals surface area (Å²) in [7, 11) is -3.49. The van der Waals surface area contributed by atoms with Gasteiger partial charge in [0.2, 0.25) is 15.2 Å². The van der Waals surface area contributed by atoms with Crippen molar-refractivity contribution < 1.29 is 8.42 Å². The van der Waals surface area contributed by atoms with Crippen LogP contribution in [0, 0.1) is 6.92 Å². The van der Waals surface area contributed by atoms with Crippen molar-refractivity contribution in [3.63, 3.8) is 0 Å². The summed E-state index contributed by atoms with van der Waals surface area (Å²) in [6, 6.07) is 6.76. The molecule has 0 aliphatic heterocycles. The van der Waals surface area contributed by atoms with Crippen LogP contribution in [0.2, 0.25) is 0 Å². The van der Waals surface area contributed by atoms with Crippen LogP contribution in [-0.2, 0) is 15.8 Å². The third-order valence-electron chi connectivity index (χ3n) is 2.08. The van der Waals surface area contributed by atoms with Crippen LogP contribution >= 0.6 is 11.3 Å². The quantitative estimate of drug-likeness (QED) is 0.826. The first-order valence-corrected chi connectivity index (χ1v) is 7.56. The molecule has 0 saturated heterocycles. The van der Waals surface area contributed by atoms with Crippen LogP contribution in [-0.4, -0.2) is 18.6 Å². The van der Waals surface area contributed by atoms with E-state index in [1.54, 1.807) is 31.2 Å². The second-order valence-corrected chi connectivity index (χ2v) is 6.64. The number of hydrogen-bond donors (Lipinski definition) is 2. The van der Waals surface area contributed by atoms with Crippen molar-refractivity contribution in [2.45, 2.75) is 12.7 Å². The predicted molar refractivity (Wildman–Crippen MR) is 71.7 cm³/mol. The maximum absolute atomic E-state index is 11.9. The number of hydrogen-bond acceptors (Lipinski definition) is 6. The Bertz CT molecular complexity index is 651. The maximum Gasteiger partial charge on any atom is 0.238 e. The molecule has 2 aromatic rings. The van der Waals surface area contributed by atoms with Crippen LogP contribution < -0.4 is 10.5 Å². The van der Waals surface area contributed by atoms with Gasteiger partial charge in [-0.15, -0.1) is 10.2 Å². The lowest BCUT2D eigenvalue weighted by atomic mass is 10.2. The Morgan fingerprint density at radius 2 is 2.17 bits per heavy atom. The highest BCUT2D eigenvalue weighted by atomic mass is 32.2. The summed E-state index contributed by atoms with van der Waals surface area (Å²) >= 11 is 1.19. The van der Waals surface area contributed by atoms with Gasteiger partial charge in [0.15, 0.2) is 0 Å². The third-order valence-corrected chi connectivity index (χ3v) is 4.18. The van der Waals surface area contributed by atoms with E-state index in [-0.39, 0.29) is 10.9 Å². The molecule has 0 unspecified atom stereocenters. The van der Waals surface area contributed by atoms with Gasteiger partial charge in [-0.3, -0.25) is 4.72 Å². The van der Waals surface area contributed by atoms with Crippen molar-refractivity contribution in [1.29, 1.82) is 0 Å². The van der Waals surface area contributed by atoms with E-state index in [9.17, 15) is 8.42 Å². The standard InChI is InChI=1S/C10H12N4O2S2/c1-7-12-13-10(17-7)14-18(15,16)6-8-3-2-4-9(11)5-8/h2-5H,6,11H2,1H3,(H,13,14). The van der Waals surface area contributed by atoms with E-state index in [1.807, 2.05) is 0 Å². The molecule has 18 heavy (non-hydrogen) atoms. The lowest BCUT2D eigenvalue weighted by Gasteiger charge is -2.05. The average molecular weight is 284 g/mol. The number of sulfonamides is 1. The number of anilines is 2. The lowest BCUT2D eigenvalue weighted by Crippen LogP contribution is -2.15. The van der Waals surface area contributed by atoms with E-state index >= 15 is 0 Å². The number of aromatic nitrogens is 2. The normalized spacial score (nSPS) is 11.4. The summed E-state index contributed by atoms with van der Waals surface area (Å²) in [5.74, 6) is -0.142. The van der Waals surface area contributed by atoms with Gasteiger partial charge in [-0.1, -0.05) is 23.5 Å². The molecule has 96 valence electrons. The van der Waals surface area contributed by atoms with Crippen molar-refractivity contribution in [3.8, 4) is 0 Å². The Hall–Kier alpha value is -1.67. The van der Waals surface area contributed by atoms with Crippen LogP contribution in [0.4, 0.5) is 10.8 Å². The molecule has 0 amide bonds. The minimum Gasteiger partial charge on any atom is -0.399 e. The molecule has 0 aliphatic carbocycles. The average Bonchev–Trinajstić information content (AvgIpc) is 2.62. The minimum atomic E-state index is -3.49. The Morgan fingerprint density at radius 1 is 1.39 bits per heavy atom. The topological polar surface area (TPSA) is 98.0 Å². The highest BCUT2D eigenvalue weighted by Crippen LogP contribution is 2.17. The van der Waals surface area contributed by atoms with Crippen molar-refractivity contribution in [3.05, 3.63) is 34.8 Å². The first kappa shape index (κ1) is 12.8. The van der Waals surface area contributed by atoms with Gasteiger partial charge in [-0.25, -0.2) is 8.42 Å². The van der Waals surface area contributed by atoms with Crippen LogP contribution in [0.1, 0.15) is 10.6 Å². The highest BCUT2D eigenvalue weighted by molar-refractivity contribution is 7.92. The zero-order valence-corrected chi connectivity index (χ0v) is 11.3. The van der Waals surface area contributed by atoms with E-state index in [2.05, 4.69) is 14.9 Å². The molecule has 3 N–H and O–H groups in total. The van der Waals surface area contributed by atoms with Gasteiger partial charge >= 0.3 is 0 Å². The summed E-state index contributed by atoms with van der Waals surface area (Å²) in [6.45, 7) is 1.76.